The van der Waals surface area contributed by atoms with Gasteiger partial charge in [-0.15, -0.1) is 0 Å². The lowest BCUT2D eigenvalue weighted by Crippen LogP contribution is -2.30. The van der Waals surface area contributed by atoms with E-state index >= 15 is 0 Å². The first kappa shape index (κ1) is 64.6. The number of ether oxygens (including phenoxy) is 3. The molecule has 0 aliphatic carbocycles. The number of carbonyl (C=O) groups is 3. The van der Waals surface area contributed by atoms with Gasteiger partial charge in [-0.05, 0) is 109 Å². The van der Waals surface area contributed by atoms with E-state index in [0.29, 0.717) is 19.3 Å². The zero-order valence-corrected chi connectivity index (χ0v) is 44.6. The van der Waals surface area contributed by atoms with Gasteiger partial charge in [0.05, 0.1) is 0 Å². The molecule has 0 aromatic rings. The van der Waals surface area contributed by atoms with Crippen LogP contribution in [0.2, 0.25) is 0 Å². The van der Waals surface area contributed by atoms with Crippen molar-refractivity contribution in [3.63, 3.8) is 0 Å². The van der Waals surface area contributed by atoms with Gasteiger partial charge in [-0.3, -0.25) is 14.4 Å². The average molecular weight is 948 g/mol. The highest BCUT2D eigenvalue weighted by Gasteiger charge is 2.19. The fourth-order valence-electron chi connectivity index (χ4n) is 7.82. The summed E-state index contributed by atoms with van der Waals surface area (Å²) in [5.41, 5.74) is 0. The topological polar surface area (TPSA) is 78.9 Å². The van der Waals surface area contributed by atoms with Crippen LogP contribution in [-0.2, 0) is 28.6 Å². The Bertz CT molecular complexity index is 1320. The zero-order chi connectivity index (χ0) is 49.3. The summed E-state index contributed by atoms with van der Waals surface area (Å²) in [5.74, 6) is -0.968. The number of allylic oxidation sites excluding steroid dienone is 14. The van der Waals surface area contributed by atoms with E-state index in [1.807, 2.05) is 0 Å². The summed E-state index contributed by atoms with van der Waals surface area (Å²) in [6.07, 6.45) is 72.9. The highest BCUT2D eigenvalue weighted by atomic mass is 16.6. The van der Waals surface area contributed by atoms with Crippen molar-refractivity contribution in [1.82, 2.24) is 0 Å². The molecule has 0 radical (unpaired) electrons. The van der Waals surface area contributed by atoms with Crippen molar-refractivity contribution in [1.29, 1.82) is 0 Å². The second kappa shape index (κ2) is 56.2. The Labute approximate surface area is 420 Å². The van der Waals surface area contributed by atoms with Crippen LogP contribution >= 0.6 is 0 Å². The number of rotatable bonds is 51. The molecule has 6 heteroatoms. The Morgan fingerprint density at radius 2 is 0.588 bits per heavy atom. The fraction of sp³-hybridized carbons (Fsp3) is 0.726. The Hall–Kier alpha value is -3.41. The first-order valence-electron chi connectivity index (χ1n) is 28.6. The van der Waals surface area contributed by atoms with E-state index in [1.54, 1.807) is 0 Å². The zero-order valence-electron chi connectivity index (χ0n) is 44.6. The van der Waals surface area contributed by atoms with Gasteiger partial charge >= 0.3 is 17.9 Å². The van der Waals surface area contributed by atoms with Crippen LogP contribution in [0.3, 0.4) is 0 Å². The number of unbranched alkanes of at least 4 members (excludes halogenated alkanes) is 26. The number of carbonyl (C=O) groups excluding carboxylic acids is 3. The summed E-state index contributed by atoms with van der Waals surface area (Å²) in [6, 6.07) is 0. The van der Waals surface area contributed by atoms with Crippen LogP contribution in [0.1, 0.15) is 271 Å². The van der Waals surface area contributed by atoms with E-state index in [0.717, 1.165) is 83.5 Å². The Morgan fingerprint density at radius 3 is 0.985 bits per heavy atom. The fourth-order valence-corrected chi connectivity index (χ4v) is 7.82. The molecule has 1 unspecified atom stereocenters. The molecule has 1 atom stereocenters. The van der Waals surface area contributed by atoms with Crippen LogP contribution in [0.15, 0.2) is 85.1 Å². The summed E-state index contributed by atoms with van der Waals surface area (Å²) in [6.45, 7) is 6.46. The first-order valence-corrected chi connectivity index (χ1v) is 28.6. The van der Waals surface area contributed by atoms with Crippen molar-refractivity contribution in [2.45, 2.75) is 277 Å². The second-order valence-electron chi connectivity index (χ2n) is 18.8. The van der Waals surface area contributed by atoms with E-state index in [4.69, 9.17) is 14.2 Å². The van der Waals surface area contributed by atoms with E-state index in [1.165, 1.54) is 141 Å². The predicted octanol–water partition coefficient (Wildman–Crippen LogP) is 19.2. The summed E-state index contributed by atoms with van der Waals surface area (Å²) in [5, 5.41) is 0. The quantitative estimate of drug-likeness (QED) is 0.0262. The molecule has 0 aliphatic heterocycles. The summed E-state index contributed by atoms with van der Waals surface area (Å²) in [4.78, 5) is 38.1. The van der Waals surface area contributed by atoms with Crippen LogP contribution < -0.4 is 0 Å². The van der Waals surface area contributed by atoms with Crippen LogP contribution in [0.5, 0.6) is 0 Å². The van der Waals surface area contributed by atoms with Gasteiger partial charge in [0.2, 0.25) is 0 Å². The van der Waals surface area contributed by atoms with E-state index in [-0.39, 0.29) is 37.5 Å². The third-order valence-corrected chi connectivity index (χ3v) is 12.1. The third kappa shape index (κ3) is 53.5. The van der Waals surface area contributed by atoms with Crippen LogP contribution in [0.25, 0.3) is 0 Å². The van der Waals surface area contributed by atoms with Gasteiger partial charge in [-0.2, -0.15) is 0 Å². The van der Waals surface area contributed by atoms with Gasteiger partial charge in [-0.1, -0.05) is 228 Å². The largest absolute Gasteiger partial charge is 0.462 e. The number of hydrogen-bond donors (Lipinski definition) is 0. The predicted molar refractivity (Wildman–Crippen MR) is 293 cm³/mol. The molecule has 0 saturated heterocycles. The molecule has 0 heterocycles. The van der Waals surface area contributed by atoms with Gasteiger partial charge in [0.15, 0.2) is 6.10 Å². The van der Waals surface area contributed by atoms with Gasteiger partial charge in [0.1, 0.15) is 13.2 Å². The highest BCUT2D eigenvalue weighted by Crippen LogP contribution is 2.14. The van der Waals surface area contributed by atoms with Crippen LogP contribution in [-0.4, -0.2) is 37.2 Å². The molecule has 0 spiro atoms. The van der Waals surface area contributed by atoms with Crippen LogP contribution in [0.4, 0.5) is 0 Å². The maximum Gasteiger partial charge on any atom is 0.306 e. The third-order valence-electron chi connectivity index (χ3n) is 12.1. The normalized spacial score (nSPS) is 12.7. The summed E-state index contributed by atoms with van der Waals surface area (Å²) >= 11 is 0. The molecule has 0 fully saturated rings. The van der Waals surface area contributed by atoms with Crippen LogP contribution in [0, 0.1) is 0 Å². The molecule has 0 aliphatic rings. The molecule has 6 nitrogen and oxygen atoms in total. The van der Waals surface area contributed by atoms with Gasteiger partial charge in [-0.25, -0.2) is 0 Å². The minimum absolute atomic E-state index is 0.103. The van der Waals surface area contributed by atoms with Gasteiger partial charge < -0.3 is 14.2 Å². The maximum absolute atomic E-state index is 12.8. The summed E-state index contributed by atoms with van der Waals surface area (Å²) in [7, 11) is 0. The molecule has 0 N–H and O–H groups in total. The molecular formula is C62H106O6. The van der Waals surface area contributed by atoms with Crippen molar-refractivity contribution < 1.29 is 28.6 Å². The first-order chi connectivity index (χ1) is 33.5. The highest BCUT2D eigenvalue weighted by molar-refractivity contribution is 5.71. The van der Waals surface area contributed by atoms with Gasteiger partial charge in [0, 0.05) is 19.3 Å². The number of hydrogen-bond acceptors (Lipinski definition) is 6. The molecule has 68 heavy (non-hydrogen) atoms. The van der Waals surface area contributed by atoms with Crippen molar-refractivity contribution >= 4 is 17.9 Å². The van der Waals surface area contributed by atoms with Crippen molar-refractivity contribution in [2.75, 3.05) is 13.2 Å². The monoisotopic (exact) mass is 947 g/mol. The lowest BCUT2D eigenvalue weighted by molar-refractivity contribution is -0.167. The molecule has 0 bridgehead atoms. The van der Waals surface area contributed by atoms with E-state index < -0.39 is 6.10 Å². The standard InChI is InChI=1S/C62H106O6/c1-4-7-10-13-16-19-22-25-28-30-31-33-34-37-40-43-46-49-52-55-61(64)67-58-59(57-66-60(63)54-51-48-45-42-39-36-27-24-21-18-15-12-9-6-3)68-62(65)56-53-50-47-44-41-38-35-32-29-26-23-20-17-14-11-8-5-2/h9,12,17-18,20-21,26,29-31,35,38,44,47,59H,4-8,10-11,13-16,19,22-25,27-28,32-34,36-37,39-43,45-46,48-58H2,1-3H3/b12-9-,20-17-,21-18-,29-26-,31-30-,38-35-,47-44-. The average Bonchev–Trinajstić information content (AvgIpc) is 3.34. The molecule has 390 valence electrons. The molecule has 0 aromatic heterocycles. The minimum atomic E-state index is -0.811. The SMILES string of the molecule is CC/C=C\C/C=C\CCCCCCCCCC(=O)OCC(COC(=O)CCCCCCCCC/C=C\CCCCCCCCCC)OC(=O)CCC/C=C\C/C=C\C/C=C\C/C=C\CCCCC. The lowest BCUT2D eigenvalue weighted by atomic mass is 10.1. The van der Waals surface area contributed by atoms with Crippen molar-refractivity contribution in [3.8, 4) is 0 Å². The van der Waals surface area contributed by atoms with Crippen molar-refractivity contribution in [3.05, 3.63) is 85.1 Å². The summed E-state index contributed by atoms with van der Waals surface area (Å²) < 4.78 is 16.8. The minimum Gasteiger partial charge on any atom is -0.462 e. The lowest BCUT2D eigenvalue weighted by Gasteiger charge is -2.18. The van der Waals surface area contributed by atoms with Gasteiger partial charge in [0.25, 0.3) is 0 Å². The Balaban J connectivity index is 4.46. The Kier molecular flexibility index (Phi) is 53.4. The molecule has 0 saturated carbocycles. The maximum atomic E-state index is 12.8. The molecule has 0 aromatic carbocycles. The van der Waals surface area contributed by atoms with E-state index in [9.17, 15) is 14.4 Å². The Morgan fingerprint density at radius 1 is 0.309 bits per heavy atom. The smallest absolute Gasteiger partial charge is 0.306 e. The second-order valence-corrected chi connectivity index (χ2v) is 18.8. The molecule has 0 rings (SSSR count). The van der Waals surface area contributed by atoms with E-state index in [2.05, 4.69) is 106 Å². The molecular weight excluding hydrogens is 841 g/mol. The molecule has 0 amide bonds. The van der Waals surface area contributed by atoms with Crippen molar-refractivity contribution in [2.24, 2.45) is 0 Å². The number of esters is 3.